The first-order valence-electron chi connectivity index (χ1n) is 6.18. The van der Waals surface area contributed by atoms with Gasteiger partial charge in [-0.05, 0) is 30.0 Å². The minimum atomic E-state index is 0.115. The average molecular weight is 236 g/mol. The van der Waals surface area contributed by atoms with Gasteiger partial charge in [-0.1, -0.05) is 27.7 Å². The normalized spacial score (nSPS) is 11.9. The van der Waals surface area contributed by atoms with Gasteiger partial charge in [0.2, 0.25) is 0 Å². The van der Waals surface area contributed by atoms with Crippen molar-refractivity contribution >= 4 is 0 Å². The van der Waals surface area contributed by atoms with Crippen molar-refractivity contribution in [2.45, 2.75) is 45.6 Å². The number of nitrogens with zero attached hydrogens (tertiary/aromatic N) is 1. The highest BCUT2D eigenvalue weighted by Crippen LogP contribution is 2.28. The van der Waals surface area contributed by atoms with E-state index in [0.29, 0.717) is 6.04 Å². The molecule has 0 fully saturated rings. The zero-order chi connectivity index (χ0) is 12.9. The van der Waals surface area contributed by atoms with Crippen molar-refractivity contribution in [3.05, 3.63) is 24.0 Å². The Kier molecular flexibility index (Phi) is 4.94. The van der Waals surface area contributed by atoms with Crippen molar-refractivity contribution in [2.75, 3.05) is 13.7 Å². The lowest BCUT2D eigenvalue weighted by atomic mass is 9.82. The second kappa shape index (κ2) is 6.01. The Morgan fingerprint density at radius 1 is 1.35 bits per heavy atom. The molecule has 0 unspecified atom stereocenters. The third-order valence-corrected chi connectivity index (χ3v) is 3.03. The van der Waals surface area contributed by atoms with Gasteiger partial charge in [-0.25, -0.2) is 0 Å². The van der Waals surface area contributed by atoms with Crippen LogP contribution in [-0.2, 0) is 5.41 Å². The molecule has 1 N–H and O–H groups in total. The highest BCUT2D eigenvalue weighted by Gasteiger charge is 2.21. The highest BCUT2D eigenvalue weighted by molar-refractivity contribution is 5.28. The maximum Gasteiger partial charge on any atom is 0.137 e. The topological polar surface area (TPSA) is 34.1 Å². The maximum atomic E-state index is 5.21. The van der Waals surface area contributed by atoms with E-state index in [2.05, 4.69) is 44.1 Å². The molecular formula is C14H24N2O. The monoisotopic (exact) mass is 236 g/mol. The van der Waals surface area contributed by atoms with Crippen LogP contribution in [0, 0.1) is 0 Å². The van der Waals surface area contributed by atoms with E-state index in [0.717, 1.165) is 18.7 Å². The number of rotatable bonds is 6. The SMILES string of the molecule is COc1cncc(C(C)(C)CCNC(C)C)c1. The summed E-state index contributed by atoms with van der Waals surface area (Å²) in [6.45, 7) is 9.83. The predicted octanol–water partition coefficient (Wildman–Crippen LogP) is 2.76. The smallest absolute Gasteiger partial charge is 0.137 e. The van der Waals surface area contributed by atoms with Gasteiger partial charge >= 0.3 is 0 Å². The van der Waals surface area contributed by atoms with Crippen molar-refractivity contribution in [2.24, 2.45) is 0 Å². The van der Waals surface area contributed by atoms with Crippen molar-refractivity contribution in [3.8, 4) is 5.75 Å². The molecule has 1 aromatic rings. The van der Waals surface area contributed by atoms with Gasteiger partial charge in [-0.2, -0.15) is 0 Å². The van der Waals surface area contributed by atoms with Crippen molar-refractivity contribution in [3.63, 3.8) is 0 Å². The lowest BCUT2D eigenvalue weighted by Crippen LogP contribution is -2.29. The maximum absolute atomic E-state index is 5.21. The van der Waals surface area contributed by atoms with E-state index < -0.39 is 0 Å². The Bertz CT molecular complexity index is 348. The third kappa shape index (κ3) is 4.35. The Morgan fingerprint density at radius 3 is 2.65 bits per heavy atom. The third-order valence-electron chi connectivity index (χ3n) is 3.03. The number of ether oxygens (including phenoxy) is 1. The van der Waals surface area contributed by atoms with Crippen LogP contribution < -0.4 is 10.1 Å². The van der Waals surface area contributed by atoms with Crippen molar-refractivity contribution < 1.29 is 4.74 Å². The van der Waals surface area contributed by atoms with Gasteiger partial charge in [0, 0.05) is 12.2 Å². The number of nitrogens with one attached hydrogen (secondary N) is 1. The van der Waals surface area contributed by atoms with Gasteiger partial charge in [0.1, 0.15) is 5.75 Å². The number of hydrogen-bond acceptors (Lipinski definition) is 3. The fourth-order valence-electron chi connectivity index (χ4n) is 1.72. The van der Waals surface area contributed by atoms with Gasteiger partial charge in [0.05, 0.1) is 13.3 Å². The van der Waals surface area contributed by atoms with E-state index in [4.69, 9.17) is 4.74 Å². The first kappa shape index (κ1) is 14.0. The molecule has 96 valence electrons. The molecule has 17 heavy (non-hydrogen) atoms. The fourth-order valence-corrected chi connectivity index (χ4v) is 1.72. The lowest BCUT2D eigenvalue weighted by molar-refractivity contribution is 0.405. The van der Waals surface area contributed by atoms with Gasteiger partial charge in [0.25, 0.3) is 0 Å². The lowest BCUT2D eigenvalue weighted by Gasteiger charge is -2.26. The second-order valence-electron chi connectivity index (χ2n) is 5.36. The van der Waals surface area contributed by atoms with Crippen LogP contribution in [0.1, 0.15) is 39.7 Å². The first-order valence-corrected chi connectivity index (χ1v) is 6.18. The molecule has 3 heteroatoms. The molecule has 0 spiro atoms. The minimum absolute atomic E-state index is 0.115. The van der Waals surface area contributed by atoms with E-state index in [9.17, 15) is 0 Å². The molecule has 0 saturated carbocycles. The first-order chi connectivity index (χ1) is 7.95. The summed E-state index contributed by atoms with van der Waals surface area (Å²) in [7, 11) is 1.67. The summed E-state index contributed by atoms with van der Waals surface area (Å²) < 4.78 is 5.21. The minimum Gasteiger partial charge on any atom is -0.495 e. The van der Waals surface area contributed by atoms with E-state index in [1.54, 1.807) is 13.3 Å². The van der Waals surface area contributed by atoms with Crippen LogP contribution in [0.2, 0.25) is 0 Å². The Labute approximate surface area is 105 Å². The molecule has 1 aromatic heterocycles. The molecule has 1 rings (SSSR count). The molecule has 0 saturated heterocycles. The van der Waals surface area contributed by atoms with Crippen LogP contribution in [0.15, 0.2) is 18.5 Å². The Morgan fingerprint density at radius 2 is 2.06 bits per heavy atom. The fraction of sp³-hybridized carbons (Fsp3) is 0.643. The van der Waals surface area contributed by atoms with Crippen LogP contribution in [0.25, 0.3) is 0 Å². The molecule has 3 nitrogen and oxygen atoms in total. The van der Waals surface area contributed by atoms with Crippen LogP contribution >= 0.6 is 0 Å². The van der Waals surface area contributed by atoms with Gasteiger partial charge in [-0.3, -0.25) is 4.98 Å². The van der Waals surface area contributed by atoms with Crippen molar-refractivity contribution in [1.29, 1.82) is 0 Å². The summed E-state index contributed by atoms with van der Waals surface area (Å²) in [6, 6.07) is 2.61. The van der Waals surface area contributed by atoms with E-state index >= 15 is 0 Å². The summed E-state index contributed by atoms with van der Waals surface area (Å²) in [5, 5.41) is 3.45. The molecule has 0 aliphatic rings. The standard InChI is InChI=1S/C14H24N2O/c1-11(2)16-7-6-14(3,4)12-8-13(17-5)10-15-9-12/h8-11,16H,6-7H2,1-5H3. The molecule has 0 amide bonds. The van der Waals surface area contributed by atoms with Crippen LogP contribution in [0.5, 0.6) is 5.75 Å². The molecule has 0 aliphatic carbocycles. The molecule has 0 atom stereocenters. The predicted molar refractivity (Wildman–Crippen MR) is 71.6 cm³/mol. The van der Waals surface area contributed by atoms with Crippen LogP contribution in [-0.4, -0.2) is 24.7 Å². The summed E-state index contributed by atoms with van der Waals surface area (Å²) in [4.78, 5) is 4.22. The largest absolute Gasteiger partial charge is 0.495 e. The summed E-state index contributed by atoms with van der Waals surface area (Å²) in [5.41, 5.74) is 1.34. The number of hydrogen-bond donors (Lipinski definition) is 1. The second-order valence-corrected chi connectivity index (χ2v) is 5.36. The van der Waals surface area contributed by atoms with E-state index in [1.165, 1.54) is 5.56 Å². The summed E-state index contributed by atoms with van der Waals surface area (Å²) in [6.07, 6.45) is 4.75. The quantitative estimate of drug-likeness (QED) is 0.824. The highest BCUT2D eigenvalue weighted by atomic mass is 16.5. The molecule has 0 aromatic carbocycles. The average Bonchev–Trinajstić information content (AvgIpc) is 2.28. The number of methoxy groups -OCH3 is 1. The van der Waals surface area contributed by atoms with Gasteiger partial charge in [0.15, 0.2) is 0 Å². The zero-order valence-electron chi connectivity index (χ0n) is 11.6. The van der Waals surface area contributed by atoms with E-state index in [-0.39, 0.29) is 5.41 Å². The Balaban J connectivity index is 2.67. The summed E-state index contributed by atoms with van der Waals surface area (Å²) in [5.74, 6) is 0.826. The molecule has 0 aliphatic heterocycles. The Hall–Kier alpha value is -1.09. The molecule has 1 heterocycles. The van der Waals surface area contributed by atoms with E-state index in [1.807, 2.05) is 6.20 Å². The number of aromatic nitrogens is 1. The zero-order valence-corrected chi connectivity index (χ0v) is 11.6. The molecule has 0 bridgehead atoms. The van der Waals surface area contributed by atoms with Gasteiger partial charge < -0.3 is 10.1 Å². The van der Waals surface area contributed by atoms with Crippen LogP contribution in [0.4, 0.5) is 0 Å². The van der Waals surface area contributed by atoms with Crippen LogP contribution in [0.3, 0.4) is 0 Å². The van der Waals surface area contributed by atoms with Gasteiger partial charge in [-0.15, -0.1) is 0 Å². The summed E-state index contributed by atoms with van der Waals surface area (Å²) >= 11 is 0. The number of pyridine rings is 1. The van der Waals surface area contributed by atoms with Crippen molar-refractivity contribution in [1.82, 2.24) is 10.3 Å². The molecule has 0 radical (unpaired) electrons. The molecular weight excluding hydrogens is 212 g/mol.